The Morgan fingerprint density at radius 2 is 1.10 bits per heavy atom. The van der Waals surface area contributed by atoms with Crippen LogP contribution < -0.4 is 0 Å². The van der Waals surface area contributed by atoms with Crippen molar-refractivity contribution in [3.8, 4) is 0 Å². The SMILES string of the molecule is O=C1C2CC2C(=O)C2CC12. The van der Waals surface area contributed by atoms with Crippen LogP contribution in [-0.4, -0.2) is 11.6 Å². The summed E-state index contributed by atoms with van der Waals surface area (Å²) in [6, 6.07) is 0. The molecule has 4 unspecified atom stereocenters. The second kappa shape index (κ2) is 1.20. The van der Waals surface area contributed by atoms with Crippen molar-refractivity contribution in [1.82, 2.24) is 0 Å². The number of Topliss-reactive ketones (excluding diaryl/α,β-unsaturated/α-hetero) is 2. The van der Waals surface area contributed by atoms with Crippen LogP contribution in [0.1, 0.15) is 12.8 Å². The van der Waals surface area contributed by atoms with E-state index in [4.69, 9.17) is 0 Å². The Morgan fingerprint density at radius 1 is 0.800 bits per heavy atom. The highest BCUT2D eigenvalue weighted by Gasteiger charge is 2.64. The van der Waals surface area contributed by atoms with Crippen LogP contribution in [0.15, 0.2) is 0 Å². The number of carbonyl (C=O) groups is 2. The van der Waals surface area contributed by atoms with Gasteiger partial charge in [0.1, 0.15) is 11.6 Å². The zero-order valence-electron chi connectivity index (χ0n) is 5.54. The maximum absolute atomic E-state index is 11.2. The molecule has 52 valence electrons. The van der Waals surface area contributed by atoms with Gasteiger partial charge in [-0.25, -0.2) is 0 Å². The molecule has 0 aromatic carbocycles. The van der Waals surface area contributed by atoms with Crippen LogP contribution in [-0.2, 0) is 9.59 Å². The second-order valence-electron chi connectivity index (χ2n) is 3.70. The molecule has 0 bridgehead atoms. The first-order valence-corrected chi connectivity index (χ1v) is 3.86. The van der Waals surface area contributed by atoms with E-state index in [0.29, 0.717) is 11.6 Å². The van der Waals surface area contributed by atoms with E-state index in [1.165, 1.54) is 0 Å². The van der Waals surface area contributed by atoms with E-state index in [9.17, 15) is 9.59 Å². The number of ketones is 2. The van der Waals surface area contributed by atoms with Gasteiger partial charge in [0.2, 0.25) is 0 Å². The van der Waals surface area contributed by atoms with Crippen LogP contribution in [0.4, 0.5) is 0 Å². The van der Waals surface area contributed by atoms with Gasteiger partial charge in [-0.1, -0.05) is 0 Å². The van der Waals surface area contributed by atoms with Gasteiger partial charge in [-0.15, -0.1) is 0 Å². The Balaban J connectivity index is 2.01. The first-order chi connectivity index (χ1) is 4.79. The largest absolute Gasteiger partial charge is 0.299 e. The maximum Gasteiger partial charge on any atom is 0.140 e. The minimum atomic E-state index is 0.177. The smallest absolute Gasteiger partial charge is 0.140 e. The topological polar surface area (TPSA) is 34.1 Å². The van der Waals surface area contributed by atoms with E-state index in [-0.39, 0.29) is 23.7 Å². The Bertz CT molecular complexity index is 198. The van der Waals surface area contributed by atoms with Crippen LogP contribution in [0.2, 0.25) is 0 Å². The molecule has 0 N–H and O–H groups in total. The first-order valence-electron chi connectivity index (χ1n) is 3.86. The Hall–Kier alpha value is -0.660. The fraction of sp³-hybridized carbons (Fsp3) is 0.750. The Kier molecular flexibility index (Phi) is 0.607. The van der Waals surface area contributed by atoms with Gasteiger partial charge in [-0.05, 0) is 12.8 Å². The average molecular weight is 136 g/mol. The zero-order chi connectivity index (χ0) is 6.88. The number of carbonyl (C=O) groups excluding carboxylic acids is 2. The van der Waals surface area contributed by atoms with Gasteiger partial charge in [0.25, 0.3) is 0 Å². The van der Waals surface area contributed by atoms with Crippen molar-refractivity contribution in [2.75, 3.05) is 0 Å². The molecule has 3 fully saturated rings. The third kappa shape index (κ3) is 0.395. The molecule has 3 aliphatic carbocycles. The summed E-state index contributed by atoms with van der Waals surface area (Å²) in [5, 5.41) is 0. The summed E-state index contributed by atoms with van der Waals surface area (Å²) < 4.78 is 0. The summed E-state index contributed by atoms with van der Waals surface area (Å²) in [7, 11) is 0. The average Bonchev–Trinajstić information content (AvgIpc) is 2.77. The van der Waals surface area contributed by atoms with E-state index < -0.39 is 0 Å². The standard InChI is InChI=1S/C8H8O2/c9-7-3-1-4(3)8(10)6-2-5(6)7/h3-6H,1-2H2. The minimum absolute atomic E-state index is 0.177. The minimum Gasteiger partial charge on any atom is -0.299 e. The van der Waals surface area contributed by atoms with Crippen LogP contribution in [0.5, 0.6) is 0 Å². The fourth-order valence-corrected chi connectivity index (χ4v) is 2.20. The predicted molar refractivity (Wildman–Crippen MR) is 33.2 cm³/mol. The monoisotopic (exact) mass is 136 g/mol. The molecule has 0 saturated heterocycles. The van der Waals surface area contributed by atoms with Gasteiger partial charge in [0, 0.05) is 23.7 Å². The third-order valence-electron chi connectivity index (χ3n) is 3.04. The van der Waals surface area contributed by atoms with Crippen LogP contribution in [0.3, 0.4) is 0 Å². The van der Waals surface area contributed by atoms with Crippen molar-refractivity contribution in [3.05, 3.63) is 0 Å². The number of hydrogen-bond acceptors (Lipinski definition) is 2. The highest BCUT2D eigenvalue weighted by atomic mass is 16.1. The molecule has 3 rings (SSSR count). The summed E-state index contributed by atoms with van der Waals surface area (Å²) in [6.07, 6.45) is 1.76. The van der Waals surface area contributed by atoms with Crippen molar-refractivity contribution >= 4 is 11.6 Å². The van der Waals surface area contributed by atoms with Gasteiger partial charge in [0.15, 0.2) is 0 Å². The van der Waals surface area contributed by atoms with Crippen molar-refractivity contribution in [1.29, 1.82) is 0 Å². The molecule has 0 amide bonds. The lowest BCUT2D eigenvalue weighted by molar-refractivity contribution is -0.130. The molecule has 0 aliphatic heterocycles. The highest BCUT2D eigenvalue weighted by molar-refractivity contribution is 6.06. The second-order valence-corrected chi connectivity index (χ2v) is 3.70. The molecular weight excluding hydrogens is 128 g/mol. The first kappa shape index (κ1) is 5.05. The van der Waals surface area contributed by atoms with E-state index in [0.717, 1.165) is 12.8 Å². The summed E-state index contributed by atoms with van der Waals surface area (Å²) in [6.45, 7) is 0. The van der Waals surface area contributed by atoms with E-state index in [1.807, 2.05) is 0 Å². The summed E-state index contributed by atoms with van der Waals surface area (Å²) >= 11 is 0. The van der Waals surface area contributed by atoms with Crippen molar-refractivity contribution < 1.29 is 9.59 Å². The van der Waals surface area contributed by atoms with Crippen molar-refractivity contribution in [2.45, 2.75) is 12.8 Å². The Labute approximate surface area is 58.6 Å². The van der Waals surface area contributed by atoms with Crippen LogP contribution in [0, 0.1) is 23.7 Å². The maximum atomic E-state index is 11.2. The lowest BCUT2D eigenvalue weighted by atomic mass is 9.98. The molecule has 2 nitrogen and oxygen atoms in total. The molecule has 0 aromatic heterocycles. The van der Waals surface area contributed by atoms with Crippen molar-refractivity contribution in [3.63, 3.8) is 0 Å². The molecule has 0 spiro atoms. The normalized spacial score (nSPS) is 55.6. The van der Waals surface area contributed by atoms with Crippen LogP contribution >= 0.6 is 0 Å². The molecule has 0 aromatic rings. The lowest BCUT2D eigenvalue weighted by Crippen LogP contribution is -2.19. The summed E-state index contributed by atoms with van der Waals surface area (Å²) in [5.74, 6) is 1.50. The molecule has 0 heterocycles. The predicted octanol–water partition coefficient (Wildman–Crippen LogP) is 0.410. The molecule has 10 heavy (non-hydrogen) atoms. The molecule has 2 heteroatoms. The highest BCUT2D eigenvalue weighted by Crippen LogP contribution is 2.58. The van der Waals surface area contributed by atoms with E-state index >= 15 is 0 Å². The van der Waals surface area contributed by atoms with Gasteiger partial charge in [-0.2, -0.15) is 0 Å². The van der Waals surface area contributed by atoms with Crippen LogP contribution in [0.25, 0.3) is 0 Å². The Morgan fingerprint density at radius 3 is 1.40 bits per heavy atom. The molecule has 0 radical (unpaired) electrons. The van der Waals surface area contributed by atoms with E-state index in [1.54, 1.807) is 0 Å². The van der Waals surface area contributed by atoms with Gasteiger partial charge >= 0.3 is 0 Å². The van der Waals surface area contributed by atoms with Gasteiger partial charge < -0.3 is 0 Å². The fourth-order valence-electron chi connectivity index (χ4n) is 2.20. The van der Waals surface area contributed by atoms with Gasteiger partial charge in [-0.3, -0.25) is 9.59 Å². The quantitative estimate of drug-likeness (QED) is 0.483. The van der Waals surface area contributed by atoms with Gasteiger partial charge in [0.05, 0.1) is 0 Å². The molecule has 4 atom stereocenters. The summed E-state index contributed by atoms with van der Waals surface area (Å²) in [4.78, 5) is 22.4. The number of fused-ring (bicyclic) bond motifs is 2. The van der Waals surface area contributed by atoms with E-state index in [2.05, 4.69) is 0 Å². The van der Waals surface area contributed by atoms with Crippen molar-refractivity contribution in [2.24, 2.45) is 23.7 Å². The number of hydrogen-bond donors (Lipinski definition) is 0. The zero-order valence-corrected chi connectivity index (χ0v) is 5.54. The number of rotatable bonds is 0. The third-order valence-corrected chi connectivity index (χ3v) is 3.04. The summed E-state index contributed by atoms with van der Waals surface area (Å²) in [5.41, 5.74) is 0. The molecule has 3 aliphatic rings. The molecule has 3 saturated carbocycles. The molecular formula is C8H8O2. The lowest BCUT2D eigenvalue weighted by Gasteiger charge is -2.03.